The quantitative estimate of drug-likeness (QED) is 0.778. The van der Waals surface area contributed by atoms with Gasteiger partial charge in [-0.2, -0.15) is 5.10 Å². The Hall–Kier alpha value is -2.08. The Morgan fingerprint density at radius 3 is 2.85 bits per heavy atom. The molecule has 3 N–H and O–H groups in total. The molecular weight excluding hydrogens is 258 g/mol. The zero-order valence-corrected chi connectivity index (χ0v) is 11.8. The number of aromatic nitrogens is 2. The summed E-state index contributed by atoms with van der Waals surface area (Å²) in [6, 6.07) is 2.87. The smallest absolute Gasteiger partial charge is 0.255 e. The van der Waals surface area contributed by atoms with E-state index in [-0.39, 0.29) is 18.4 Å². The molecule has 0 aliphatic heterocycles. The molecular formula is C14H19N3O3. The van der Waals surface area contributed by atoms with Crippen LogP contribution >= 0.6 is 0 Å². The third-order valence-corrected chi connectivity index (χ3v) is 3.12. The number of hydrogen-bond donors (Lipinski definition) is 3. The second-order valence-electron chi connectivity index (χ2n) is 4.99. The van der Waals surface area contributed by atoms with Crippen molar-refractivity contribution < 1.29 is 14.3 Å². The van der Waals surface area contributed by atoms with Crippen molar-refractivity contribution >= 4 is 5.91 Å². The van der Waals surface area contributed by atoms with Gasteiger partial charge in [-0.3, -0.25) is 9.89 Å². The maximum absolute atomic E-state index is 12.4. The molecule has 108 valence electrons. The average molecular weight is 277 g/mol. The summed E-state index contributed by atoms with van der Waals surface area (Å²) in [4.78, 5) is 12.4. The van der Waals surface area contributed by atoms with E-state index < -0.39 is 6.04 Å². The van der Waals surface area contributed by atoms with Gasteiger partial charge in [0.2, 0.25) is 0 Å². The largest absolute Gasteiger partial charge is 0.467 e. The Labute approximate surface area is 117 Å². The molecule has 1 amide bonds. The van der Waals surface area contributed by atoms with E-state index in [9.17, 15) is 9.90 Å². The number of nitrogens with zero attached hydrogens (tertiary/aromatic N) is 1. The number of amides is 1. The Bertz CT molecular complexity index is 573. The molecule has 0 aromatic carbocycles. The van der Waals surface area contributed by atoms with Crippen LogP contribution in [0.15, 0.2) is 22.8 Å². The third-order valence-electron chi connectivity index (χ3n) is 3.12. The fourth-order valence-corrected chi connectivity index (χ4v) is 2.08. The van der Waals surface area contributed by atoms with Gasteiger partial charge in [-0.15, -0.1) is 0 Å². The van der Waals surface area contributed by atoms with E-state index in [1.54, 1.807) is 19.1 Å². The number of carbonyl (C=O) groups excluding carboxylic acids is 1. The number of nitrogens with one attached hydrogen (secondary N) is 2. The number of rotatable bonds is 5. The predicted molar refractivity (Wildman–Crippen MR) is 73.4 cm³/mol. The number of furan rings is 1. The van der Waals surface area contributed by atoms with E-state index in [4.69, 9.17) is 4.42 Å². The fraction of sp³-hybridized carbons (Fsp3) is 0.429. The first-order chi connectivity index (χ1) is 9.54. The lowest BCUT2D eigenvalue weighted by Gasteiger charge is -2.15. The molecule has 0 aliphatic carbocycles. The summed E-state index contributed by atoms with van der Waals surface area (Å²) < 4.78 is 5.21. The number of aliphatic hydroxyl groups is 1. The van der Waals surface area contributed by atoms with E-state index in [2.05, 4.69) is 15.5 Å². The Kier molecular flexibility index (Phi) is 4.24. The van der Waals surface area contributed by atoms with E-state index in [1.165, 1.54) is 6.26 Å². The van der Waals surface area contributed by atoms with Crippen molar-refractivity contribution in [3.8, 4) is 0 Å². The number of aryl methyl sites for hydroxylation is 1. The molecule has 6 nitrogen and oxygen atoms in total. The molecule has 2 heterocycles. The summed E-state index contributed by atoms with van der Waals surface area (Å²) in [5, 5.41) is 19.1. The van der Waals surface area contributed by atoms with Crippen LogP contribution in [0.25, 0.3) is 0 Å². The molecule has 0 radical (unpaired) electrons. The molecule has 0 fully saturated rings. The molecule has 0 saturated heterocycles. The molecule has 2 rings (SSSR count). The van der Waals surface area contributed by atoms with Crippen molar-refractivity contribution in [3.63, 3.8) is 0 Å². The van der Waals surface area contributed by atoms with Crippen LogP contribution in [0.1, 0.15) is 53.3 Å². The van der Waals surface area contributed by atoms with E-state index in [0.717, 1.165) is 5.69 Å². The average Bonchev–Trinajstić information content (AvgIpc) is 3.04. The second kappa shape index (κ2) is 5.92. The number of carbonyl (C=O) groups is 1. The van der Waals surface area contributed by atoms with Gasteiger partial charge in [0, 0.05) is 5.69 Å². The van der Waals surface area contributed by atoms with Crippen molar-refractivity contribution in [3.05, 3.63) is 41.1 Å². The highest BCUT2D eigenvalue weighted by Gasteiger charge is 2.23. The summed E-state index contributed by atoms with van der Waals surface area (Å²) in [6.45, 7) is 5.52. The predicted octanol–water partition coefficient (Wildman–Crippen LogP) is 1.90. The molecule has 1 unspecified atom stereocenters. The van der Waals surface area contributed by atoms with Crippen LogP contribution in [0, 0.1) is 6.92 Å². The number of aromatic amines is 1. The highest BCUT2D eigenvalue weighted by molar-refractivity contribution is 5.96. The van der Waals surface area contributed by atoms with Gasteiger partial charge in [0.1, 0.15) is 11.8 Å². The first-order valence-corrected chi connectivity index (χ1v) is 6.54. The Morgan fingerprint density at radius 1 is 1.55 bits per heavy atom. The van der Waals surface area contributed by atoms with Crippen molar-refractivity contribution in [1.29, 1.82) is 0 Å². The lowest BCUT2D eigenvalue weighted by molar-refractivity contribution is 0.0905. The van der Waals surface area contributed by atoms with Crippen molar-refractivity contribution in [1.82, 2.24) is 15.5 Å². The highest BCUT2D eigenvalue weighted by Crippen LogP contribution is 2.21. The summed E-state index contributed by atoms with van der Waals surface area (Å²) in [6.07, 6.45) is 1.51. The van der Waals surface area contributed by atoms with Crippen LogP contribution in [-0.2, 0) is 0 Å². The Balaban J connectivity index is 2.22. The first-order valence-electron chi connectivity index (χ1n) is 6.54. The van der Waals surface area contributed by atoms with Crippen LogP contribution in [0.5, 0.6) is 0 Å². The second-order valence-corrected chi connectivity index (χ2v) is 4.99. The lowest BCUT2D eigenvalue weighted by Crippen LogP contribution is -2.31. The molecule has 2 aromatic heterocycles. The molecule has 0 aliphatic rings. The first kappa shape index (κ1) is 14.3. The fourth-order valence-electron chi connectivity index (χ4n) is 2.08. The van der Waals surface area contributed by atoms with E-state index in [1.807, 2.05) is 13.8 Å². The van der Waals surface area contributed by atoms with Gasteiger partial charge in [0.25, 0.3) is 5.91 Å². The molecule has 0 spiro atoms. The van der Waals surface area contributed by atoms with Crippen LogP contribution in [0.4, 0.5) is 0 Å². The van der Waals surface area contributed by atoms with Crippen LogP contribution < -0.4 is 5.32 Å². The SMILES string of the molecule is Cc1[nH]nc(C(C)C)c1C(=O)NC(CO)c1ccco1. The van der Waals surface area contributed by atoms with E-state index in [0.29, 0.717) is 17.0 Å². The van der Waals surface area contributed by atoms with Crippen LogP contribution in [-0.4, -0.2) is 27.8 Å². The number of H-pyrrole nitrogens is 1. The molecule has 2 aromatic rings. The summed E-state index contributed by atoms with van der Waals surface area (Å²) in [5.41, 5.74) is 1.96. The maximum Gasteiger partial charge on any atom is 0.255 e. The van der Waals surface area contributed by atoms with Crippen molar-refractivity contribution in [2.24, 2.45) is 0 Å². The number of hydrogen-bond acceptors (Lipinski definition) is 4. The van der Waals surface area contributed by atoms with Crippen molar-refractivity contribution in [2.75, 3.05) is 6.61 Å². The monoisotopic (exact) mass is 277 g/mol. The topological polar surface area (TPSA) is 91.2 Å². The standard InChI is InChI=1S/C14H19N3O3/c1-8(2)13-12(9(3)16-17-13)14(19)15-10(7-18)11-5-4-6-20-11/h4-6,8,10,18H,7H2,1-3H3,(H,15,19)(H,16,17). The van der Waals surface area contributed by atoms with Gasteiger partial charge in [0.15, 0.2) is 0 Å². The minimum atomic E-state index is -0.563. The minimum absolute atomic E-state index is 0.136. The molecule has 1 atom stereocenters. The summed E-state index contributed by atoms with van der Waals surface area (Å²) >= 11 is 0. The van der Waals surface area contributed by atoms with Crippen molar-refractivity contribution in [2.45, 2.75) is 32.7 Å². The number of aliphatic hydroxyl groups excluding tert-OH is 1. The third kappa shape index (κ3) is 2.75. The van der Waals surface area contributed by atoms with Gasteiger partial charge in [-0.05, 0) is 25.0 Å². The summed E-state index contributed by atoms with van der Waals surface area (Å²) in [7, 11) is 0. The van der Waals surface area contributed by atoms with Gasteiger partial charge < -0.3 is 14.8 Å². The van der Waals surface area contributed by atoms with Gasteiger partial charge in [-0.25, -0.2) is 0 Å². The van der Waals surface area contributed by atoms with Gasteiger partial charge in [0.05, 0.1) is 24.1 Å². The maximum atomic E-state index is 12.4. The van der Waals surface area contributed by atoms with Gasteiger partial charge in [-0.1, -0.05) is 13.8 Å². The zero-order chi connectivity index (χ0) is 14.7. The molecule has 6 heteroatoms. The van der Waals surface area contributed by atoms with Gasteiger partial charge >= 0.3 is 0 Å². The lowest BCUT2D eigenvalue weighted by atomic mass is 10.0. The molecule has 0 bridgehead atoms. The summed E-state index contributed by atoms with van der Waals surface area (Å²) in [5.74, 6) is 0.389. The Morgan fingerprint density at radius 2 is 2.30 bits per heavy atom. The highest BCUT2D eigenvalue weighted by atomic mass is 16.3. The minimum Gasteiger partial charge on any atom is -0.467 e. The molecule has 0 saturated carbocycles. The molecule has 20 heavy (non-hydrogen) atoms. The van der Waals surface area contributed by atoms with Crippen LogP contribution in [0.2, 0.25) is 0 Å². The zero-order valence-electron chi connectivity index (χ0n) is 11.8. The van der Waals surface area contributed by atoms with Crippen LogP contribution in [0.3, 0.4) is 0 Å². The normalized spacial score (nSPS) is 12.7. The van der Waals surface area contributed by atoms with E-state index >= 15 is 0 Å².